The molecule has 130 valence electrons. The van der Waals surface area contributed by atoms with Gasteiger partial charge in [0.15, 0.2) is 5.82 Å². The molecule has 3 heterocycles. The lowest BCUT2D eigenvalue weighted by Gasteiger charge is -2.33. The summed E-state index contributed by atoms with van der Waals surface area (Å²) in [5.74, 6) is 1.47. The van der Waals surface area contributed by atoms with Crippen molar-refractivity contribution >= 4 is 16.8 Å². The normalized spacial score (nSPS) is 18.0. The van der Waals surface area contributed by atoms with Gasteiger partial charge in [-0.15, -0.1) is 0 Å². The van der Waals surface area contributed by atoms with E-state index in [1.165, 1.54) is 10.9 Å². The zero-order chi connectivity index (χ0) is 17.2. The van der Waals surface area contributed by atoms with Crippen LogP contribution >= 0.6 is 0 Å². The molecule has 0 spiro atoms. The summed E-state index contributed by atoms with van der Waals surface area (Å²) in [5, 5.41) is 4.80. The number of benzene rings is 1. The third-order valence-corrected chi connectivity index (χ3v) is 4.88. The van der Waals surface area contributed by atoms with Gasteiger partial charge in [-0.25, -0.2) is 4.98 Å². The molecule has 2 N–H and O–H groups in total. The highest BCUT2D eigenvalue weighted by molar-refractivity contribution is 5.82. The molecule has 1 aliphatic rings. The maximum absolute atomic E-state index is 12.0. The van der Waals surface area contributed by atoms with Gasteiger partial charge in [-0.05, 0) is 25.8 Å². The lowest BCUT2D eigenvalue weighted by Crippen LogP contribution is -2.47. The quantitative estimate of drug-likeness (QED) is 0.765. The van der Waals surface area contributed by atoms with E-state index in [-0.39, 0.29) is 5.56 Å². The molecule has 1 aliphatic heterocycles. The highest BCUT2D eigenvalue weighted by Crippen LogP contribution is 2.25. The number of anilines is 1. The van der Waals surface area contributed by atoms with E-state index in [2.05, 4.69) is 26.3 Å². The Morgan fingerprint density at radius 2 is 2.28 bits per heavy atom. The highest BCUT2D eigenvalue weighted by Gasteiger charge is 2.23. The van der Waals surface area contributed by atoms with Crippen molar-refractivity contribution < 1.29 is 4.42 Å². The molecular weight excluding hydrogens is 316 g/mol. The third kappa shape index (κ3) is 3.17. The van der Waals surface area contributed by atoms with Crippen molar-refractivity contribution in [3.63, 3.8) is 0 Å². The van der Waals surface area contributed by atoms with Gasteiger partial charge in [0.2, 0.25) is 0 Å². The van der Waals surface area contributed by atoms with Crippen LogP contribution in [-0.4, -0.2) is 29.1 Å². The average Bonchev–Trinajstić information content (AvgIpc) is 2.96. The van der Waals surface area contributed by atoms with Gasteiger partial charge in [0.05, 0.1) is 0 Å². The third-order valence-electron chi connectivity index (χ3n) is 4.88. The monoisotopic (exact) mass is 338 g/mol. The van der Waals surface area contributed by atoms with Crippen LogP contribution in [0.2, 0.25) is 0 Å². The molecule has 0 amide bonds. The molecule has 0 radical (unpaired) electrons. The van der Waals surface area contributed by atoms with Crippen LogP contribution < -0.4 is 15.8 Å². The number of para-hydroxylation sites is 1. The number of aromatic nitrogens is 2. The zero-order valence-electron chi connectivity index (χ0n) is 14.3. The molecule has 0 aliphatic carbocycles. The zero-order valence-corrected chi connectivity index (χ0v) is 14.3. The van der Waals surface area contributed by atoms with Crippen LogP contribution in [-0.2, 0) is 6.54 Å². The van der Waals surface area contributed by atoms with Crippen molar-refractivity contribution in [1.29, 1.82) is 0 Å². The first-order valence-corrected chi connectivity index (χ1v) is 8.71. The van der Waals surface area contributed by atoms with Gasteiger partial charge in [-0.2, -0.15) is 0 Å². The fraction of sp³-hybridized carbons (Fsp3) is 0.368. The number of aryl methyl sites for hydroxylation is 1. The predicted molar refractivity (Wildman–Crippen MR) is 97.9 cm³/mol. The number of piperidine rings is 1. The van der Waals surface area contributed by atoms with E-state index in [0.717, 1.165) is 43.8 Å². The van der Waals surface area contributed by atoms with Crippen LogP contribution in [0.4, 0.5) is 5.82 Å². The molecule has 1 saturated heterocycles. The standard InChI is InChI=1S/C19H22N4O2/c1-13-16(15-6-2-3-7-17(15)25-13)11-22-14-5-4-10-23(12-14)18-19(24)21-9-8-20-18/h2-3,6-9,14,22H,4-5,10-12H2,1H3,(H,21,24). The van der Waals surface area contributed by atoms with E-state index in [1.807, 2.05) is 25.1 Å². The van der Waals surface area contributed by atoms with Crippen molar-refractivity contribution in [3.05, 3.63) is 58.3 Å². The molecule has 1 unspecified atom stereocenters. The van der Waals surface area contributed by atoms with Crippen LogP contribution in [0.5, 0.6) is 0 Å². The van der Waals surface area contributed by atoms with E-state index < -0.39 is 0 Å². The fourth-order valence-electron chi connectivity index (χ4n) is 3.59. The summed E-state index contributed by atoms with van der Waals surface area (Å²) >= 11 is 0. The second-order valence-electron chi connectivity index (χ2n) is 6.54. The lowest BCUT2D eigenvalue weighted by atomic mass is 10.0. The molecule has 6 heteroatoms. The molecule has 4 rings (SSSR count). The molecule has 6 nitrogen and oxygen atoms in total. The summed E-state index contributed by atoms with van der Waals surface area (Å²) in [6.07, 6.45) is 5.34. The minimum Gasteiger partial charge on any atom is -0.461 e. The second-order valence-corrected chi connectivity index (χ2v) is 6.54. The van der Waals surface area contributed by atoms with Gasteiger partial charge < -0.3 is 19.6 Å². The number of nitrogens with zero attached hydrogens (tertiary/aromatic N) is 2. The number of fused-ring (bicyclic) bond motifs is 1. The van der Waals surface area contributed by atoms with E-state index in [0.29, 0.717) is 11.9 Å². The van der Waals surface area contributed by atoms with Crippen LogP contribution in [0.25, 0.3) is 11.0 Å². The Morgan fingerprint density at radius 1 is 1.40 bits per heavy atom. The molecular formula is C19H22N4O2. The fourth-order valence-corrected chi connectivity index (χ4v) is 3.59. The lowest BCUT2D eigenvalue weighted by molar-refractivity contribution is 0.418. The largest absolute Gasteiger partial charge is 0.461 e. The summed E-state index contributed by atoms with van der Waals surface area (Å²) in [5.41, 5.74) is 2.02. The van der Waals surface area contributed by atoms with E-state index >= 15 is 0 Å². The number of aromatic amines is 1. The van der Waals surface area contributed by atoms with Gasteiger partial charge in [-0.1, -0.05) is 18.2 Å². The van der Waals surface area contributed by atoms with Gasteiger partial charge >= 0.3 is 0 Å². The van der Waals surface area contributed by atoms with Crippen molar-refractivity contribution in [1.82, 2.24) is 15.3 Å². The van der Waals surface area contributed by atoms with Crippen LogP contribution in [0.3, 0.4) is 0 Å². The Bertz CT molecular complexity index is 930. The molecule has 1 aromatic carbocycles. The maximum Gasteiger partial charge on any atom is 0.290 e. The Hall–Kier alpha value is -2.60. The number of rotatable bonds is 4. The molecule has 0 saturated carbocycles. The number of H-pyrrole nitrogens is 1. The average molecular weight is 338 g/mol. The van der Waals surface area contributed by atoms with E-state index in [9.17, 15) is 4.79 Å². The summed E-state index contributed by atoms with van der Waals surface area (Å²) in [6.45, 7) is 4.43. The van der Waals surface area contributed by atoms with E-state index in [4.69, 9.17) is 4.42 Å². The van der Waals surface area contributed by atoms with Gasteiger partial charge in [0.1, 0.15) is 11.3 Å². The number of furan rings is 1. The Labute approximate surface area is 145 Å². The minimum atomic E-state index is -0.125. The Balaban J connectivity index is 1.47. The molecule has 3 aromatic rings. The van der Waals surface area contributed by atoms with Crippen LogP contribution in [0.1, 0.15) is 24.2 Å². The van der Waals surface area contributed by atoms with Gasteiger partial charge in [0, 0.05) is 49.0 Å². The maximum atomic E-state index is 12.0. The topological polar surface area (TPSA) is 74.2 Å². The highest BCUT2D eigenvalue weighted by atomic mass is 16.3. The smallest absolute Gasteiger partial charge is 0.290 e. The predicted octanol–water partition coefficient (Wildman–Crippen LogP) is 2.58. The Morgan fingerprint density at radius 3 is 3.16 bits per heavy atom. The van der Waals surface area contributed by atoms with Crippen molar-refractivity contribution in [2.45, 2.75) is 32.4 Å². The summed E-state index contributed by atoms with van der Waals surface area (Å²) in [7, 11) is 0. The number of hydrogen-bond donors (Lipinski definition) is 2. The number of hydrogen-bond acceptors (Lipinski definition) is 5. The first-order chi connectivity index (χ1) is 12.2. The number of nitrogens with one attached hydrogen (secondary N) is 2. The van der Waals surface area contributed by atoms with Crippen molar-refractivity contribution in [3.8, 4) is 0 Å². The summed E-state index contributed by atoms with van der Waals surface area (Å²) in [4.78, 5) is 21.0. The molecule has 1 fully saturated rings. The van der Waals surface area contributed by atoms with Crippen molar-refractivity contribution in [2.75, 3.05) is 18.0 Å². The summed E-state index contributed by atoms with van der Waals surface area (Å²) < 4.78 is 5.84. The first kappa shape index (κ1) is 15.9. The van der Waals surface area contributed by atoms with Crippen LogP contribution in [0, 0.1) is 6.92 Å². The Kier molecular flexibility index (Phi) is 4.28. The van der Waals surface area contributed by atoms with Crippen molar-refractivity contribution in [2.24, 2.45) is 0 Å². The van der Waals surface area contributed by atoms with Gasteiger partial charge in [0.25, 0.3) is 5.56 Å². The SMILES string of the molecule is Cc1oc2ccccc2c1CNC1CCCN(c2ncc[nH]c2=O)C1. The second kappa shape index (κ2) is 6.72. The van der Waals surface area contributed by atoms with E-state index in [1.54, 1.807) is 12.4 Å². The first-order valence-electron chi connectivity index (χ1n) is 8.71. The molecule has 2 aromatic heterocycles. The molecule has 0 bridgehead atoms. The molecule has 25 heavy (non-hydrogen) atoms. The van der Waals surface area contributed by atoms with Crippen LogP contribution in [0.15, 0.2) is 45.9 Å². The van der Waals surface area contributed by atoms with Gasteiger partial charge in [-0.3, -0.25) is 4.79 Å². The summed E-state index contributed by atoms with van der Waals surface area (Å²) in [6, 6.07) is 8.45. The molecule has 1 atom stereocenters. The minimum absolute atomic E-state index is 0.125.